The number of nitrogens with zero attached hydrogens (tertiary/aromatic N) is 4. The fourth-order valence-corrected chi connectivity index (χ4v) is 3.35. The smallest absolute Gasteiger partial charge is 0.307 e. The lowest BCUT2D eigenvalue weighted by Gasteiger charge is -2.31. The van der Waals surface area contributed by atoms with E-state index in [1.165, 1.54) is 0 Å². The van der Waals surface area contributed by atoms with Gasteiger partial charge >= 0.3 is 5.97 Å². The van der Waals surface area contributed by atoms with Crippen molar-refractivity contribution in [3.63, 3.8) is 0 Å². The molecule has 1 aliphatic carbocycles. The predicted octanol–water partition coefficient (Wildman–Crippen LogP) is 1.04. The number of hydrogen-bond donors (Lipinski definition) is 1. The van der Waals surface area contributed by atoms with Gasteiger partial charge in [-0.25, -0.2) is 0 Å². The summed E-state index contributed by atoms with van der Waals surface area (Å²) in [5.41, 5.74) is 0. The molecule has 0 aromatic carbocycles. The topological polar surface area (TPSA) is 82.7 Å². The molecule has 7 heteroatoms. The number of likely N-dealkylation sites (N-methyl/N-ethyl adjacent to an activating group) is 1. The molecule has 2 aliphatic rings. The zero-order valence-electron chi connectivity index (χ0n) is 12.5. The van der Waals surface area contributed by atoms with Crippen molar-refractivity contribution in [2.24, 2.45) is 11.8 Å². The van der Waals surface area contributed by atoms with E-state index in [1.807, 2.05) is 0 Å². The second-order valence-corrected chi connectivity index (χ2v) is 6.35. The summed E-state index contributed by atoms with van der Waals surface area (Å²) >= 11 is 0. The maximum atomic E-state index is 11.4. The van der Waals surface area contributed by atoms with Crippen molar-refractivity contribution < 1.29 is 14.4 Å². The molecule has 1 aromatic heterocycles. The van der Waals surface area contributed by atoms with Crippen LogP contribution in [0.4, 0.5) is 5.95 Å². The Morgan fingerprint density at radius 3 is 2.67 bits per heavy atom. The van der Waals surface area contributed by atoms with Crippen LogP contribution in [0, 0.1) is 11.8 Å². The first-order valence-corrected chi connectivity index (χ1v) is 7.54. The van der Waals surface area contributed by atoms with E-state index in [0.29, 0.717) is 24.2 Å². The Balaban J connectivity index is 1.74. The number of carboxylic acid groups (broad SMARTS) is 1. The molecule has 1 saturated heterocycles. The second kappa shape index (κ2) is 5.63. The number of aromatic nitrogens is 2. The largest absolute Gasteiger partial charge is 0.481 e. The molecule has 116 valence electrons. The molecule has 3 rings (SSSR count). The lowest BCUT2D eigenvalue weighted by atomic mass is 9.96. The van der Waals surface area contributed by atoms with E-state index in [2.05, 4.69) is 33.9 Å². The van der Waals surface area contributed by atoms with Crippen LogP contribution in [0.25, 0.3) is 0 Å². The SMILES string of the molecule is CC1CC(C(=O)O)C(c2nc(N3CCN(C)CC3)no2)C1. The van der Waals surface area contributed by atoms with Gasteiger partial charge in [0.15, 0.2) is 0 Å². The Bertz CT molecular complexity index is 510. The minimum absolute atomic E-state index is 0.147. The second-order valence-electron chi connectivity index (χ2n) is 6.35. The third kappa shape index (κ3) is 2.88. The maximum Gasteiger partial charge on any atom is 0.307 e. The zero-order valence-corrected chi connectivity index (χ0v) is 12.5. The molecule has 0 spiro atoms. The molecular formula is C14H22N4O3. The summed E-state index contributed by atoms with van der Waals surface area (Å²) < 4.78 is 5.38. The molecule has 7 nitrogen and oxygen atoms in total. The number of piperazine rings is 1. The molecule has 1 aromatic rings. The van der Waals surface area contributed by atoms with Crippen LogP contribution in [-0.2, 0) is 4.79 Å². The molecule has 1 saturated carbocycles. The van der Waals surface area contributed by atoms with Crippen molar-refractivity contribution in [2.45, 2.75) is 25.7 Å². The molecule has 1 aliphatic heterocycles. The third-order valence-electron chi connectivity index (χ3n) is 4.65. The van der Waals surface area contributed by atoms with Crippen LogP contribution in [0.2, 0.25) is 0 Å². The van der Waals surface area contributed by atoms with Crippen molar-refractivity contribution in [1.29, 1.82) is 0 Å². The zero-order chi connectivity index (χ0) is 15.0. The summed E-state index contributed by atoms with van der Waals surface area (Å²) in [5.74, 6) is 0.160. The Morgan fingerprint density at radius 2 is 2.00 bits per heavy atom. The molecule has 2 fully saturated rings. The molecule has 1 N–H and O–H groups in total. The normalized spacial score (nSPS) is 30.8. The summed E-state index contributed by atoms with van der Waals surface area (Å²) in [4.78, 5) is 20.2. The van der Waals surface area contributed by atoms with Gasteiger partial charge in [0.2, 0.25) is 5.89 Å². The highest BCUT2D eigenvalue weighted by Gasteiger charge is 2.41. The van der Waals surface area contributed by atoms with Gasteiger partial charge in [-0.3, -0.25) is 4.79 Å². The van der Waals surface area contributed by atoms with Gasteiger partial charge in [-0.15, -0.1) is 0 Å². The highest BCUT2D eigenvalue weighted by atomic mass is 16.5. The van der Waals surface area contributed by atoms with Crippen molar-refractivity contribution in [1.82, 2.24) is 15.0 Å². The van der Waals surface area contributed by atoms with E-state index in [1.54, 1.807) is 0 Å². The van der Waals surface area contributed by atoms with Gasteiger partial charge in [0, 0.05) is 26.2 Å². The molecule has 0 amide bonds. The quantitative estimate of drug-likeness (QED) is 0.891. The molecule has 3 atom stereocenters. The van der Waals surface area contributed by atoms with Crippen molar-refractivity contribution >= 4 is 11.9 Å². The molecule has 0 bridgehead atoms. The van der Waals surface area contributed by atoms with Crippen LogP contribution in [0.3, 0.4) is 0 Å². The highest BCUT2D eigenvalue weighted by Crippen LogP contribution is 2.42. The van der Waals surface area contributed by atoms with Crippen molar-refractivity contribution in [2.75, 3.05) is 38.1 Å². The van der Waals surface area contributed by atoms with Crippen LogP contribution >= 0.6 is 0 Å². The minimum Gasteiger partial charge on any atom is -0.481 e. The Morgan fingerprint density at radius 1 is 1.29 bits per heavy atom. The van der Waals surface area contributed by atoms with Crippen LogP contribution < -0.4 is 4.90 Å². The highest BCUT2D eigenvalue weighted by molar-refractivity contribution is 5.71. The van der Waals surface area contributed by atoms with E-state index in [4.69, 9.17) is 4.52 Å². The van der Waals surface area contributed by atoms with E-state index >= 15 is 0 Å². The summed E-state index contributed by atoms with van der Waals surface area (Å²) in [6.45, 7) is 5.77. The van der Waals surface area contributed by atoms with Crippen molar-refractivity contribution in [3.05, 3.63) is 5.89 Å². The van der Waals surface area contributed by atoms with E-state index in [0.717, 1.165) is 32.6 Å². The Hall–Kier alpha value is -1.63. The van der Waals surface area contributed by atoms with Crippen LogP contribution in [0.5, 0.6) is 0 Å². The number of anilines is 1. The number of aliphatic carboxylic acids is 1. The molecular weight excluding hydrogens is 272 g/mol. The fraction of sp³-hybridized carbons (Fsp3) is 0.786. The summed E-state index contributed by atoms with van der Waals surface area (Å²) in [6.07, 6.45) is 1.49. The standard InChI is InChI=1S/C14H22N4O3/c1-9-7-10(11(8-9)13(19)20)12-15-14(16-21-12)18-5-3-17(2)4-6-18/h9-11H,3-8H2,1-2H3,(H,19,20). The number of rotatable bonds is 3. The maximum absolute atomic E-state index is 11.4. The number of carboxylic acids is 1. The van der Waals surface area contributed by atoms with E-state index in [9.17, 15) is 9.90 Å². The van der Waals surface area contributed by atoms with Crippen LogP contribution in [0.1, 0.15) is 31.6 Å². The Kier molecular flexibility index (Phi) is 3.84. The molecule has 2 heterocycles. The van der Waals surface area contributed by atoms with Crippen LogP contribution in [-0.4, -0.2) is 59.3 Å². The lowest BCUT2D eigenvalue weighted by molar-refractivity contribution is -0.142. The van der Waals surface area contributed by atoms with Gasteiger partial charge in [0.05, 0.1) is 11.8 Å². The molecule has 3 unspecified atom stereocenters. The van der Waals surface area contributed by atoms with Gasteiger partial charge in [0.25, 0.3) is 5.95 Å². The molecule has 21 heavy (non-hydrogen) atoms. The van der Waals surface area contributed by atoms with E-state index < -0.39 is 11.9 Å². The number of hydrogen-bond acceptors (Lipinski definition) is 6. The average molecular weight is 294 g/mol. The first kappa shape index (κ1) is 14.3. The predicted molar refractivity (Wildman–Crippen MR) is 76.3 cm³/mol. The third-order valence-corrected chi connectivity index (χ3v) is 4.65. The molecule has 0 radical (unpaired) electrons. The Labute approximate surface area is 123 Å². The van der Waals surface area contributed by atoms with Gasteiger partial charge in [-0.05, 0) is 31.0 Å². The van der Waals surface area contributed by atoms with Gasteiger partial charge in [-0.2, -0.15) is 4.98 Å². The summed E-state index contributed by atoms with van der Waals surface area (Å²) in [6, 6.07) is 0. The average Bonchev–Trinajstić information content (AvgIpc) is 3.06. The van der Waals surface area contributed by atoms with Gasteiger partial charge in [-0.1, -0.05) is 6.92 Å². The van der Waals surface area contributed by atoms with Crippen LogP contribution in [0.15, 0.2) is 4.52 Å². The first-order chi connectivity index (χ1) is 10.0. The minimum atomic E-state index is -0.760. The fourth-order valence-electron chi connectivity index (χ4n) is 3.35. The monoisotopic (exact) mass is 294 g/mol. The van der Waals surface area contributed by atoms with Gasteiger partial charge in [0.1, 0.15) is 0 Å². The van der Waals surface area contributed by atoms with Gasteiger partial charge < -0.3 is 19.4 Å². The van der Waals surface area contributed by atoms with Crippen molar-refractivity contribution in [3.8, 4) is 0 Å². The first-order valence-electron chi connectivity index (χ1n) is 7.54. The summed E-state index contributed by atoms with van der Waals surface area (Å²) in [5, 5.41) is 13.4. The van der Waals surface area contributed by atoms with E-state index in [-0.39, 0.29) is 5.92 Å². The summed E-state index contributed by atoms with van der Waals surface area (Å²) in [7, 11) is 2.09. The number of carbonyl (C=O) groups is 1. The lowest BCUT2D eigenvalue weighted by Crippen LogP contribution is -2.44.